The highest BCUT2D eigenvalue weighted by atomic mass is 16.2. The Morgan fingerprint density at radius 3 is 2.75 bits per heavy atom. The summed E-state index contributed by atoms with van der Waals surface area (Å²) in [6.07, 6.45) is 4.01. The Bertz CT molecular complexity index is 686. The van der Waals surface area contributed by atoms with Gasteiger partial charge in [-0.3, -0.25) is 14.3 Å². The summed E-state index contributed by atoms with van der Waals surface area (Å²) >= 11 is 0. The first kappa shape index (κ1) is 13.9. The fraction of sp³-hybridized carbons (Fsp3) is 0.308. The molecule has 3 N–H and O–H groups in total. The molecule has 7 nitrogen and oxygen atoms in total. The molecule has 0 radical (unpaired) electrons. The lowest BCUT2D eigenvalue weighted by molar-refractivity contribution is 0.102. The van der Waals surface area contributed by atoms with Crippen molar-refractivity contribution in [3.05, 3.63) is 40.6 Å². The predicted molar refractivity (Wildman–Crippen MR) is 76.6 cm³/mol. The van der Waals surface area contributed by atoms with E-state index in [0.29, 0.717) is 17.9 Å². The molecule has 0 bridgehead atoms. The number of pyridine rings is 1. The summed E-state index contributed by atoms with van der Waals surface area (Å²) in [7, 11) is 1.69. The molecule has 106 valence electrons. The van der Waals surface area contributed by atoms with E-state index in [1.54, 1.807) is 30.1 Å². The maximum absolute atomic E-state index is 12.0. The first-order chi connectivity index (χ1) is 9.51. The molecule has 0 fully saturated rings. The standard InChI is InChI=1S/C13H17N5O2/c1-3-6-18-7-9(4-5-11(18)19)15-13(20)12-10(14)8-17(2)16-12/h4-5,7-8H,3,6,14H2,1-2H3,(H,15,20). The number of aryl methyl sites for hydroxylation is 2. The number of nitrogens with two attached hydrogens (primary N) is 1. The van der Waals surface area contributed by atoms with Gasteiger partial charge < -0.3 is 15.6 Å². The maximum atomic E-state index is 12.0. The molecule has 0 unspecified atom stereocenters. The van der Waals surface area contributed by atoms with Gasteiger partial charge in [-0.1, -0.05) is 6.92 Å². The van der Waals surface area contributed by atoms with Gasteiger partial charge in [-0.2, -0.15) is 5.10 Å². The van der Waals surface area contributed by atoms with Gasteiger partial charge in [0.15, 0.2) is 5.69 Å². The molecule has 0 aliphatic carbocycles. The molecule has 0 spiro atoms. The number of carbonyl (C=O) groups excluding carboxylic acids is 1. The number of nitrogens with zero attached hydrogens (tertiary/aromatic N) is 3. The molecule has 2 aromatic heterocycles. The number of hydrogen-bond acceptors (Lipinski definition) is 4. The van der Waals surface area contributed by atoms with Gasteiger partial charge in [0, 0.05) is 32.1 Å². The van der Waals surface area contributed by atoms with Crippen LogP contribution < -0.4 is 16.6 Å². The van der Waals surface area contributed by atoms with Crippen molar-refractivity contribution in [2.75, 3.05) is 11.1 Å². The van der Waals surface area contributed by atoms with Crippen LogP contribution in [0, 0.1) is 0 Å². The van der Waals surface area contributed by atoms with Crippen LogP contribution in [-0.4, -0.2) is 20.3 Å². The van der Waals surface area contributed by atoms with E-state index in [9.17, 15) is 9.59 Å². The molecule has 0 aromatic carbocycles. The van der Waals surface area contributed by atoms with E-state index in [0.717, 1.165) is 6.42 Å². The SMILES string of the molecule is CCCn1cc(NC(=O)c2nn(C)cc2N)ccc1=O. The third-order valence-corrected chi connectivity index (χ3v) is 2.78. The van der Waals surface area contributed by atoms with Crippen LogP contribution in [0.5, 0.6) is 0 Å². The zero-order chi connectivity index (χ0) is 14.7. The summed E-state index contributed by atoms with van der Waals surface area (Å²) in [4.78, 5) is 23.6. The largest absolute Gasteiger partial charge is 0.396 e. The average Bonchev–Trinajstić information content (AvgIpc) is 2.73. The van der Waals surface area contributed by atoms with Crippen molar-refractivity contribution in [2.24, 2.45) is 7.05 Å². The number of hydrogen-bond donors (Lipinski definition) is 2. The fourth-order valence-electron chi connectivity index (χ4n) is 1.89. The zero-order valence-electron chi connectivity index (χ0n) is 11.5. The lowest BCUT2D eigenvalue weighted by Gasteiger charge is -2.08. The topological polar surface area (TPSA) is 94.9 Å². The lowest BCUT2D eigenvalue weighted by atomic mass is 10.3. The molecule has 1 amide bonds. The first-order valence-corrected chi connectivity index (χ1v) is 6.32. The van der Waals surface area contributed by atoms with Gasteiger partial charge in [-0.25, -0.2) is 0 Å². The zero-order valence-corrected chi connectivity index (χ0v) is 11.5. The van der Waals surface area contributed by atoms with Crippen LogP contribution >= 0.6 is 0 Å². The average molecular weight is 275 g/mol. The summed E-state index contributed by atoms with van der Waals surface area (Å²) in [6.45, 7) is 2.58. The van der Waals surface area contributed by atoms with E-state index in [-0.39, 0.29) is 11.3 Å². The molecule has 0 saturated heterocycles. The number of rotatable bonds is 4. The predicted octanol–water partition coefficient (Wildman–Crippen LogP) is 0.826. The number of nitrogens with one attached hydrogen (secondary N) is 1. The Balaban J connectivity index is 2.22. The Kier molecular flexibility index (Phi) is 3.88. The molecule has 0 atom stereocenters. The van der Waals surface area contributed by atoms with Gasteiger partial charge >= 0.3 is 0 Å². The van der Waals surface area contributed by atoms with E-state index in [2.05, 4.69) is 10.4 Å². The molecule has 2 heterocycles. The summed E-state index contributed by atoms with van der Waals surface area (Å²) in [6, 6.07) is 2.98. The van der Waals surface area contributed by atoms with Gasteiger partial charge in [-0.15, -0.1) is 0 Å². The minimum Gasteiger partial charge on any atom is -0.396 e. The minimum atomic E-state index is -0.398. The van der Waals surface area contributed by atoms with Crippen molar-refractivity contribution in [2.45, 2.75) is 19.9 Å². The van der Waals surface area contributed by atoms with Gasteiger partial charge in [0.2, 0.25) is 0 Å². The normalized spacial score (nSPS) is 10.5. The summed E-state index contributed by atoms with van der Waals surface area (Å²) in [5, 5.41) is 6.68. The minimum absolute atomic E-state index is 0.0952. The van der Waals surface area contributed by atoms with Crippen molar-refractivity contribution >= 4 is 17.3 Å². The highest BCUT2D eigenvalue weighted by molar-refractivity contribution is 6.06. The van der Waals surface area contributed by atoms with Gasteiger partial charge in [0.1, 0.15) is 0 Å². The number of amides is 1. The van der Waals surface area contributed by atoms with Crippen LogP contribution in [0.3, 0.4) is 0 Å². The number of aromatic nitrogens is 3. The Labute approximate surface area is 116 Å². The molecule has 7 heteroatoms. The summed E-state index contributed by atoms with van der Waals surface area (Å²) in [5.41, 5.74) is 6.62. The van der Waals surface area contributed by atoms with Gasteiger partial charge in [0.25, 0.3) is 11.5 Å². The molecule has 2 aromatic rings. The van der Waals surface area contributed by atoms with Crippen molar-refractivity contribution < 1.29 is 4.79 Å². The van der Waals surface area contributed by atoms with Crippen molar-refractivity contribution in [1.29, 1.82) is 0 Å². The van der Waals surface area contributed by atoms with Gasteiger partial charge in [0.05, 0.1) is 11.4 Å². The number of carbonyl (C=O) groups is 1. The molecular formula is C13H17N5O2. The van der Waals surface area contributed by atoms with E-state index in [4.69, 9.17) is 5.73 Å². The second-order valence-corrected chi connectivity index (χ2v) is 4.51. The summed E-state index contributed by atoms with van der Waals surface area (Å²) < 4.78 is 3.03. The molecule has 0 aliphatic rings. The maximum Gasteiger partial charge on any atom is 0.278 e. The van der Waals surface area contributed by atoms with Crippen LogP contribution in [0.1, 0.15) is 23.8 Å². The Morgan fingerprint density at radius 1 is 1.40 bits per heavy atom. The quantitative estimate of drug-likeness (QED) is 0.863. The van der Waals surface area contributed by atoms with Crippen LogP contribution in [0.4, 0.5) is 11.4 Å². The third kappa shape index (κ3) is 2.87. The second-order valence-electron chi connectivity index (χ2n) is 4.51. The van der Waals surface area contributed by atoms with Crippen LogP contribution in [-0.2, 0) is 13.6 Å². The first-order valence-electron chi connectivity index (χ1n) is 6.32. The molecule has 2 rings (SSSR count). The number of nitrogen functional groups attached to an aromatic ring is 1. The van der Waals surface area contributed by atoms with E-state index in [1.807, 2.05) is 6.92 Å². The molecule has 20 heavy (non-hydrogen) atoms. The highest BCUT2D eigenvalue weighted by Gasteiger charge is 2.14. The summed E-state index contributed by atoms with van der Waals surface area (Å²) in [5.74, 6) is -0.398. The number of anilines is 2. The second kappa shape index (κ2) is 5.60. The Morgan fingerprint density at radius 2 is 2.15 bits per heavy atom. The van der Waals surface area contributed by atoms with Crippen LogP contribution in [0.15, 0.2) is 29.3 Å². The van der Waals surface area contributed by atoms with Gasteiger partial charge in [-0.05, 0) is 12.5 Å². The van der Waals surface area contributed by atoms with Crippen LogP contribution in [0.2, 0.25) is 0 Å². The monoisotopic (exact) mass is 275 g/mol. The van der Waals surface area contributed by atoms with Crippen molar-refractivity contribution in [3.8, 4) is 0 Å². The van der Waals surface area contributed by atoms with Crippen molar-refractivity contribution in [1.82, 2.24) is 14.3 Å². The Hall–Kier alpha value is -2.57. The lowest BCUT2D eigenvalue weighted by Crippen LogP contribution is -2.21. The smallest absolute Gasteiger partial charge is 0.278 e. The fourth-order valence-corrected chi connectivity index (χ4v) is 1.89. The van der Waals surface area contributed by atoms with E-state index in [1.165, 1.54) is 10.7 Å². The molecule has 0 saturated carbocycles. The van der Waals surface area contributed by atoms with Crippen LogP contribution in [0.25, 0.3) is 0 Å². The van der Waals surface area contributed by atoms with E-state index >= 15 is 0 Å². The molecular weight excluding hydrogens is 258 g/mol. The van der Waals surface area contributed by atoms with E-state index < -0.39 is 5.91 Å². The molecule has 0 aliphatic heterocycles. The third-order valence-electron chi connectivity index (χ3n) is 2.78. The van der Waals surface area contributed by atoms with Crippen molar-refractivity contribution in [3.63, 3.8) is 0 Å². The highest BCUT2D eigenvalue weighted by Crippen LogP contribution is 2.11.